The highest BCUT2D eigenvalue weighted by atomic mass is 35.5. The highest BCUT2D eigenvalue weighted by molar-refractivity contribution is 6.40. The average Bonchev–Trinajstić information content (AvgIpc) is 2.87. The third kappa shape index (κ3) is 4.37. The van der Waals surface area contributed by atoms with Crippen molar-refractivity contribution in [2.45, 2.75) is 25.8 Å². The first-order chi connectivity index (χ1) is 12.3. The van der Waals surface area contributed by atoms with Crippen LogP contribution in [0.3, 0.4) is 0 Å². The molecule has 0 saturated carbocycles. The number of imidazole rings is 1. The fourth-order valence-electron chi connectivity index (χ4n) is 2.37. The molecule has 0 radical (unpaired) electrons. The van der Waals surface area contributed by atoms with E-state index in [0.717, 1.165) is 10.9 Å². The first-order valence-electron chi connectivity index (χ1n) is 7.48. The number of Topliss-reactive ketones (excluding diaryl/α,β-unsaturated/α-hetero) is 1. The molecule has 10 heteroatoms. The molecule has 1 heterocycles. The van der Waals surface area contributed by atoms with Crippen LogP contribution in [-0.4, -0.2) is 27.9 Å². The van der Waals surface area contributed by atoms with Gasteiger partial charge in [0.2, 0.25) is 0 Å². The van der Waals surface area contributed by atoms with Crippen LogP contribution >= 0.6 is 23.2 Å². The SMILES string of the molecule is CCOC(=O)CCC(C(=O)c1c(F)cc(F)cc1F)n1cnc(Cl)c1Cl. The molecule has 0 aliphatic rings. The monoisotopic (exact) mass is 408 g/mol. The van der Waals surface area contributed by atoms with Crippen molar-refractivity contribution in [2.24, 2.45) is 0 Å². The Bertz CT molecular complexity index is 819. The van der Waals surface area contributed by atoms with Gasteiger partial charge in [-0.3, -0.25) is 9.59 Å². The number of rotatable bonds is 7. The number of ketones is 1. The van der Waals surface area contributed by atoms with Gasteiger partial charge in [-0.1, -0.05) is 23.2 Å². The maximum atomic E-state index is 14.0. The summed E-state index contributed by atoms with van der Waals surface area (Å²) in [5.74, 6) is -5.54. The number of ether oxygens (including phenoxy) is 1. The topological polar surface area (TPSA) is 61.2 Å². The van der Waals surface area contributed by atoms with Crippen molar-refractivity contribution in [1.82, 2.24) is 9.55 Å². The Kier molecular flexibility index (Phi) is 6.66. The summed E-state index contributed by atoms with van der Waals surface area (Å²) in [4.78, 5) is 28.0. The fraction of sp³-hybridized carbons (Fsp3) is 0.312. The van der Waals surface area contributed by atoms with Crippen LogP contribution in [0.1, 0.15) is 36.2 Å². The van der Waals surface area contributed by atoms with E-state index >= 15 is 0 Å². The van der Waals surface area contributed by atoms with E-state index in [1.165, 1.54) is 0 Å². The summed E-state index contributed by atoms with van der Waals surface area (Å²) in [6.45, 7) is 1.74. The van der Waals surface area contributed by atoms with Crippen LogP contribution < -0.4 is 0 Å². The number of halogens is 5. The number of hydrogen-bond donors (Lipinski definition) is 0. The maximum Gasteiger partial charge on any atom is 0.305 e. The highest BCUT2D eigenvalue weighted by Crippen LogP contribution is 2.30. The Morgan fingerprint density at radius 1 is 1.23 bits per heavy atom. The molecule has 0 bridgehead atoms. The lowest BCUT2D eigenvalue weighted by Crippen LogP contribution is -2.23. The zero-order valence-electron chi connectivity index (χ0n) is 13.4. The minimum Gasteiger partial charge on any atom is -0.466 e. The van der Waals surface area contributed by atoms with Crippen LogP contribution in [0.25, 0.3) is 0 Å². The third-order valence-corrected chi connectivity index (χ3v) is 4.26. The predicted octanol–water partition coefficient (Wildman–Crippen LogP) is 4.37. The van der Waals surface area contributed by atoms with E-state index in [0.29, 0.717) is 12.1 Å². The number of nitrogens with zero attached hydrogens (tertiary/aromatic N) is 2. The van der Waals surface area contributed by atoms with Crippen LogP contribution in [0.5, 0.6) is 0 Å². The van der Waals surface area contributed by atoms with Gasteiger partial charge in [0.15, 0.2) is 10.9 Å². The first kappa shape index (κ1) is 20.3. The van der Waals surface area contributed by atoms with E-state index in [1.54, 1.807) is 6.92 Å². The van der Waals surface area contributed by atoms with Gasteiger partial charge in [0, 0.05) is 18.6 Å². The third-order valence-electron chi connectivity index (χ3n) is 3.51. The van der Waals surface area contributed by atoms with Gasteiger partial charge < -0.3 is 9.30 Å². The molecule has 1 unspecified atom stereocenters. The molecule has 2 aromatic rings. The zero-order valence-corrected chi connectivity index (χ0v) is 15.0. The largest absolute Gasteiger partial charge is 0.466 e. The van der Waals surface area contributed by atoms with E-state index in [-0.39, 0.29) is 29.8 Å². The molecular weight excluding hydrogens is 396 g/mol. The van der Waals surface area contributed by atoms with Crippen molar-refractivity contribution in [3.63, 3.8) is 0 Å². The summed E-state index contributed by atoms with van der Waals surface area (Å²) in [6, 6.07) is -0.510. The Balaban J connectivity index is 2.42. The summed E-state index contributed by atoms with van der Waals surface area (Å²) in [6.07, 6.45) is 0.707. The minimum absolute atomic E-state index is 0.124. The summed E-state index contributed by atoms with van der Waals surface area (Å²) in [7, 11) is 0. The van der Waals surface area contributed by atoms with Gasteiger partial charge in [-0.2, -0.15) is 0 Å². The summed E-state index contributed by atoms with van der Waals surface area (Å²) >= 11 is 11.7. The lowest BCUT2D eigenvalue weighted by molar-refractivity contribution is -0.143. The van der Waals surface area contributed by atoms with E-state index in [2.05, 4.69) is 4.98 Å². The van der Waals surface area contributed by atoms with Gasteiger partial charge in [-0.05, 0) is 13.3 Å². The van der Waals surface area contributed by atoms with E-state index < -0.39 is 40.8 Å². The molecule has 140 valence electrons. The molecule has 26 heavy (non-hydrogen) atoms. The second kappa shape index (κ2) is 8.55. The predicted molar refractivity (Wildman–Crippen MR) is 87.8 cm³/mol. The van der Waals surface area contributed by atoms with Gasteiger partial charge in [-0.25, -0.2) is 18.2 Å². The molecule has 0 aliphatic carbocycles. The smallest absolute Gasteiger partial charge is 0.305 e. The molecule has 2 rings (SSSR count). The standard InChI is InChI=1S/C16H13Cl2F3N2O3/c1-2-26-12(24)4-3-11(23-7-22-15(17)16(23)18)14(25)13-9(20)5-8(19)6-10(13)21/h5-7,11H,2-4H2,1H3. The second-order valence-electron chi connectivity index (χ2n) is 5.20. The molecule has 0 fully saturated rings. The van der Waals surface area contributed by atoms with Gasteiger partial charge in [0.05, 0.1) is 24.5 Å². The Labute approximate surface area is 156 Å². The second-order valence-corrected chi connectivity index (χ2v) is 5.92. The zero-order chi connectivity index (χ0) is 19.4. The maximum absolute atomic E-state index is 14.0. The van der Waals surface area contributed by atoms with Crippen molar-refractivity contribution in [1.29, 1.82) is 0 Å². The van der Waals surface area contributed by atoms with Gasteiger partial charge >= 0.3 is 5.97 Å². The number of esters is 1. The number of carbonyl (C=O) groups excluding carboxylic acids is 2. The fourth-order valence-corrected chi connectivity index (χ4v) is 2.72. The van der Waals surface area contributed by atoms with Crippen LogP contribution in [0.15, 0.2) is 18.5 Å². The average molecular weight is 409 g/mol. The number of aromatic nitrogens is 2. The molecule has 0 spiro atoms. The van der Waals surface area contributed by atoms with Gasteiger partial charge in [0.25, 0.3) is 0 Å². The first-order valence-corrected chi connectivity index (χ1v) is 8.24. The van der Waals surface area contributed by atoms with Crippen molar-refractivity contribution in [3.05, 3.63) is 51.8 Å². The van der Waals surface area contributed by atoms with Crippen molar-refractivity contribution >= 4 is 35.0 Å². The van der Waals surface area contributed by atoms with Gasteiger partial charge in [0.1, 0.15) is 22.6 Å². The normalized spacial score (nSPS) is 12.1. The Morgan fingerprint density at radius 2 is 1.85 bits per heavy atom. The summed E-state index contributed by atoms with van der Waals surface area (Å²) < 4.78 is 46.9. The van der Waals surface area contributed by atoms with Crippen LogP contribution in [0.2, 0.25) is 10.3 Å². The summed E-state index contributed by atoms with van der Waals surface area (Å²) in [5, 5.41) is -0.266. The van der Waals surface area contributed by atoms with Crippen molar-refractivity contribution < 1.29 is 27.5 Å². The van der Waals surface area contributed by atoms with Crippen LogP contribution in [0.4, 0.5) is 13.2 Å². The molecule has 1 atom stereocenters. The van der Waals surface area contributed by atoms with Crippen LogP contribution in [0, 0.1) is 17.5 Å². The molecule has 0 N–H and O–H groups in total. The number of carbonyl (C=O) groups is 2. The molecule has 0 amide bonds. The van der Waals surface area contributed by atoms with Crippen molar-refractivity contribution in [2.75, 3.05) is 6.61 Å². The molecule has 0 aliphatic heterocycles. The Hall–Kier alpha value is -2.06. The minimum atomic E-state index is -1.36. The van der Waals surface area contributed by atoms with Gasteiger partial charge in [-0.15, -0.1) is 0 Å². The van der Waals surface area contributed by atoms with E-state index in [4.69, 9.17) is 27.9 Å². The molecule has 1 aromatic carbocycles. The van der Waals surface area contributed by atoms with Crippen molar-refractivity contribution in [3.8, 4) is 0 Å². The lowest BCUT2D eigenvalue weighted by atomic mass is 9.98. The quantitative estimate of drug-likeness (QED) is 0.503. The molecule has 5 nitrogen and oxygen atoms in total. The molecular formula is C16H13Cl2F3N2O3. The molecule has 1 aromatic heterocycles. The number of hydrogen-bond acceptors (Lipinski definition) is 4. The Morgan fingerprint density at radius 3 is 2.35 bits per heavy atom. The number of benzene rings is 1. The highest BCUT2D eigenvalue weighted by Gasteiger charge is 2.30. The summed E-state index contributed by atoms with van der Waals surface area (Å²) in [5.41, 5.74) is -0.943. The lowest BCUT2D eigenvalue weighted by Gasteiger charge is -2.19. The molecule has 0 saturated heterocycles. The van der Waals surface area contributed by atoms with Crippen LogP contribution in [-0.2, 0) is 9.53 Å². The van der Waals surface area contributed by atoms with E-state index in [9.17, 15) is 22.8 Å². The van der Waals surface area contributed by atoms with E-state index in [1.807, 2.05) is 0 Å².